The molecule has 0 bridgehead atoms. The Kier molecular flexibility index (Phi) is 3.88. The fourth-order valence-electron chi connectivity index (χ4n) is 4.64. The van der Waals surface area contributed by atoms with Crippen molar-refractivity contribution in [2.45, 2.75) is 51.0 Å². The van der Waals surface area contributed by atoms with Crippen molar-refractivity contribution in [3.8, 4) is 0 Å². The lowest BCUT2D eigenvalue weighted by molar-refractivity contribution is -0.191. The van der Waals surface area contributed by atoms with E-state index in [1.54, 1.807) is 0 Å². The molecule has 6 heteroatoms. The van der Waals surface area contributed by atoms with E-state index in [0.29, 0.717) is 12.8 Å². The molecule has 0 aromatic heterocycles. The fourth-order valence-corrected chi connectivity index (χ4v) is 4.64. The molecule has 2 fully saturated rings. The average Bonchev–Trinajstić information content (AvgIpc) is 2.80. The molecular weight excluding hydrogens is 312 g/mol. The summed E-state index contributed by atoms with van der Waals surface area (Å²) in [6, 6.07) is 0. The molecule has 0 saturated carbocycles. The number of hydrogen-bond acceptors (Lipinski definition) is 6. The Labute approximate surface area is 140 Å². The van der Waals surface area contributed by atoms with Gasteiger partial charge in [-0.05, 0) is 30.4 Å². The smallest absolute Gasteiger partial charge is 0.308 e. The SMILES string of the molecule is O=C1CC2(C=C(C3=CC=CCC3)C3C(O)OC(O)C3C2)CC(O)O1. The number of aliphatic hydroxyl groups excluding tert-OH is 3. The lowest BCUT2D eigenvalue weighted by Crippen LogP contribution is -2.43. The van der Waals surface area contributed by atoms with Gasteiger partial charge in [-0.15, -0.1) is 0 Å². The molecule has 6 unspecified atom stereocenters. The molecule has 130 valence electrons. The second-order valence-electron chi connectivity index (χ2n) is 7.26. The van der Waals surface area contributed by atoms with Crippen molar-refractivity contribution in [2.24, 2.45) is 17.3 Å². The Balaban J connectivity index is 1.78. The second-order valence-corrected chi connectivity index (χ2v) is 7.26. The Morgan fingerprint density at radius 3 is 2.71 bits per heavy atom. The van der Waals surface area contributed by atoms with Crippen molar-refractivity contribution < 1.29 is 29.6 Å². The number of ether oxygens (including phenoxy) is 2. The number of hydrogen-bond donors (Lipinski definition) is 3. The largest absolute Gasteiger partial charge is 0.436 e. The highest BCUT2D eigenvalue weighted by atomic mass is 16.7. The lowest BCUT2D eigenvalue weighted by atomic mass is 9.62. The molecule has 3 N–H and O–H groups in total. The highest BCUT2D eigenvalue weighted by molar-refractivity contribution is 5.72. The number of aliphatic hydroxyl groups is 3. The van der Waals surface area contributed by atoms with Crippen LogP contribution >= 0.6 is 0 Å². The molecule has 4 rings (SSSR count). The molecule has 0 aromatic carbocycles. The van der Waals surface area contributed by atoms with E-state index in [4.69, 9.17) is 9.47 Å². The number of cyclic esters (lactones) is 1. The van der Waals surface area contributed by atoms with Gasteiger partial charge in [0.2, 0.25) is 6.29 Å². The molecule has 1 spiro atoms. The summed E-state index contributed by atoms with van der Waals surface area (Å²) >= 11 is 0. The van der Waals surface area contributed by atoms with Crippen LogP contribution in [0.25, 0.3) is 0 Å². The van der Waals surface area contributed by atoms with Gasteiger partial charge in [-0.25, -0.2) is 0 Å². The van der Waals surface area contributed by atoms with Gasteiger partial charge in [-0.2, -0.15) is 0 Å². The second kappa shape index (κ2) is 5.81. The van der Waals surface area contributed by atoms with E-state index < -0.39 is 30.3 Å². The first-order valence-electron chi connectivity index (χ1n) is 8.45. The maximum Gasteiger partial charge on any atom is 0.308 e. The van der Waals surface area contributed by atoms with Crippen LogP contribution in [-0.4, -0.2) is 40.2 Å². The summed E-state index contributed by atoms with van der Waals surface area (Å²) in [6.45, 7) is 0. The van der Waals surface area contributed by atoms with Gasteiger partial charge in [0.1, 0.15) is 0 Å². The molecule has 6 nitrogen and oxygen atoms in total. The van der Waals surface area contributed by atoms with Crippen LogP contribution < -0.4 is 0 Å². The van der Waals surface area contributed by atoms with Crippen LogP contribution in [0.4, 0.5) is 0 Å². The molecule has 2 aliphatic carbocycles. The lowest BCUT2D eigenvalue weighted by Gasteiger charge is -2.44. The first-order chi connectivity index (χ1) is 11.5. The van der Waals surface area contributed by atoms with Crippen LogP contribution in [0, 0.1) is 17.3 Å². The summed E-state index contributed by atoms with van der Waals surface area (Å²) in [5.74, 6) is -1.04. The van der Waals surface area contributed by atoms with E-state index in [9.17, 15) is 20.1 Å². The topological polar surface area (TPSA) is 96.2 Å². The van der Waals surface area contributed by atoms with Crippen LogP contribution in [0.5, 0.6) is 0 Å². The minimum atomic E-state index is -1.13. The first-order valence-corrected chi connectivity index (χ1v) is 8.45. The van der Waals surface area contributed by atoms with Gasteiger partial charge >= 0.3 is 5.97 Å². The summed E-state index contributed by atoms with van der Waals surface area (Å²) in [5, 5.41) is 30.4. The van der Waals surface area contributed by atoms with Gasteiger partial charge in [0, 0.05) is 23.7 Å². The molecule has 0 aromatic rings. The standard InChI is InChI=1S/C18H22O6/c19-13-8-18(9-14(20)23-13)6-11(10-4-2-1-3-5-10)15-12(7-18)16(21)24-17(15)22/h1-2,4,6,12-13,15-17,19,21-22H,3,5,7-9H2. The number of carbonyl (C=O) groups excluding carboxylic acids is 1. The number of carbonyl (C=O) groups is 1. The maximum atomic E-state index is 11.9. The number of esters is 1. The maximum absolute atomic E-state index is 11.9. The fraction of sp³-hybridized carbons (Fsp3) is 0.611. The van der Waals surface area contributed by atoms with Crippen LogP contribution in [0.15, 0.2) is 35.5 Å². The summed E-state index contributed by atoms with van der Waals surface area (Å²) in [7, 11) is 0. The van der Waals surface area contributed by atoms with E-state index >= 15 is 0 Å². The zero-order valence-electron chi connectivity index (χ0n) is 13.3. The van der Waals surface area contributed by atoms with E-state index in [-0.39, 0.29) is 18.3 Å². The molecule has 4 aliphatic rings. The normalized spacial score (nSPS) is 44.8. The van der Waals surface area contributed by atoms with Crippen molar-refractivity contribution >= 4 is 5.97 Å². The minimum Gasteiger partial charge on any atom is -0.436 e. The molecule has 6 atom stereocenters. The van der Waals surface area contributed by atoms with Crippen molar-refractivity contribution in [1.82, 2.24) is 0 Å². The third kappa shape index (κ3) is 2.63. The third-order valence-corrected chi connectivity index (χ3v) is 5.61. The van der Waals surface area contributed by atoms with Crippen LogP contribution in [0.2, 0.25) is 0 Å². The highest BCUT2D eigenvalue weighted by Gasteiger charge is 2.54. The first kappa shape index (κ1) is 16.0. The molecule has 2 heterocycles. The Bertz CT molecular complexity index is 635. The molecule has 2 saturated heterocycles. The Morgan fingerprint density at radius 1 is 1.17 bits per heavy atom. The van der Waals surface area contributed by atoms with Gasteiger partial charge in [0.25, 0.3) is 0 Å². The third-order valence-electron chi connectivity index (χ3n) is 5.61. The van der Waals surface area contributed by atoms with Crippen molar-refractivity contribution in [2.75, 3.05) is 0 Å². The predicted molar refractivity (Wildman–Crippen MR) is 83.0 cm³/mol. The van der Waals surface area contributed by atoms with E-state index in [1.807, 2.05) is 18.2 Å². The Hall–Kier alpha value is -1.47. The van der Waals surface area contributed by atoms with Gasteiger partial charge in [-0.3, -0.25) is 4.79 Å². The Morgan fingerprint density at radius 2 is 2.00 bits per heavy atom. The van der Waals surface area contributed by atoms with Gasteiger partial charge in [-0.1, -0.05) is 24.3 Å². The van der Waals surface area contributed by atoms with Crippen LogP contribution in [0.3, 0.4) is 0 Å². The molecule has 24 heavy (non-hydrogen) atoms. The monoisotopic (exact) mass is 334 g/mol. The zero-order valence-corrected chi connectivity index (χ0v) is 13.3. The number of rotatable bonds is 1. The summed E-state index contributed by atoms with van der Waals surface area (Å²) in [4.78, 5) is 11.9. The van der Waals surface area contributed by atoms with Crippen LogP contribution in [-0.2, 0) is 14.3 Å². The zero-order chi connectivity index (χ0) is 16.9. The highest BCUT2D eigenvalue weighted by Crippen LogP contribution is 2.54. The predicted octanol–water partition coefficient (Wildman–Crippen LogP) is 1.13. The van der Waals surface area contributed by atoms with Gasteiger partial charge in [0.05, 0.1) is 6.42 Å². The number of fused-ring (bicyclic) bond motifs is 1. The van der Waals surface area contributed by atoms with E-state index in [0.717, 1.165) is 24.0 Å². The minimum absolute atomic E-state index is 0.169. The summed E-state index contributed by atoms with van der Waals surface area (Å²) in [5.41, 5.74) is 1.46. The molecule has 0 radical (unpaired) electrons. The quantitative estimate of drug-likeness (QED) is 0.622. The summed E-state index contributed by atoms with van der Waals surface area (Å²) < 4.78 is 10.1. The van der Waals surface area contributed by atoms with Crippen molar-refractivity contribution in [1.29, 1.82) is 0 Å². The van der Waals surface area contributed by atoms with Gasteiger partial charge in [0.15, 0.2) is 12.6 Å². The van der Waals surface area contributed by atoms with Crippen molar-refractivity contribution in [3.05, 3.63) is 35.5 Å². The molecular formula is C18H22O6. The van der Waals surface area contributed by atoms with E-state index in [2.05, 4.69) is 6.08 Å². The average molecular weight is 334 g/mol. The van der Waals surface area contributed by atoms with Gasteiger partial charge < -0.3 is 24.8 Å². The summed E-state index contributed by atoms with van der Waals surface area (Å²) in [6.07, 6.45) is 7.56. The van der Waals surface area contributed by atoms with Crippen molar-refractivity contribution in [3.63, 3.8) is 0 Å². The number of allylic oxidation sites excluding steroid dienone is 5. The van der Waals surface area contributed by atoms with Crippen LogP contribution in [0.1, 0.15) is 32.1 Å². The molecule has 2 aliphatic heterocycles. The molecule has 0 amide bonds. The van der Waals surface area contributed by atoms with E-state index in [1.165, 1.54) is 0 Å².